The minimum Gasteiger partial charge on any atom is -0.338 e. The highest BCUT2D eigenvalue weighted by atomic mass is 16.5. The summed E-state index contributed by atoms with van der Waals surface area (Å²) in [5, 5.41) is 12.9. The zero-order valence-corrected chi connectivity index (χ0v) is 15.0. The molecule has 1 unspecified atom stereocenters. The first-order valence-electron chi connectivity index (χ1n) is 8.97. The number of nitrogens with zero attached hydrogens (tertiary/aromatic N) is 5. The van der Waals surface area contributed by atoms with Crippen molar-refractivity contribution >= 4 is 0 Å². The van der Waals surface area contributed by atoms with Crippen LogP contribution in [0.25, 0.3) is 0 Å². The Hall–Kier alpha value is -2.23. The van der Waals surface area contributed by atoms with Crippen molar-refractivity contribution in [3.63, 3.8) is 0 Å². The van der Waals surface area contributed by atoms with Crippen LogP contribution in [-0.2, 0) is 13.0 Å². The number of rotatable bonds is 5. The molecule has 0 amide bonds. The Morgan fingerprint density at radius 2 is 2.00 bits per heavy atom. The fourth-order valence-electron chi connectivity index (χ4n) is 3.22. The maximum atomic E-state index is 8.90. The zero-order valence-electron chi connectivity index (χ0n) is 15.0. The van der Waals surface area contributed by atoms with Crippen LogP contribution < -0.4 is 0 Å². The summed E-state index contributed by atoms with van der Waals surface area (Å²) in [6.07, 6.45) is 1.92. The van der Waals surface area contributed by atoms with E-state index in [0.717, 1.165) is 57.3 Å². The van der Waals surface area contributed by atoms with Gasteiger partial charge in [0.05, 0.1) is 17.7 Å². The molecule has 0 saturated carbocycles. The molecule has 1 aliphatic rings. The summed E-state index contributed by atoms with van der Waals surface area (Å²) in [4.78, 5) is 9.37. The normalized spacial score (nSPS) is 17.8. The highest BCUT2D eigenvalue weighted by Crippen LogP contribution is 2.21. The standard InChI is InChI=1S/C19H25N5O/c1-3-18-21-19(25-22-18)15(2)24-10-4-9-23(11-12-24)14-17-7-5-16(13-20)6-8-17/h5-8,15H,3-4,9-12,14H2,1-2H3. The van der Waals surface area contributed by atoms with Gasteiger partial charge >= 0.3 is 0 Å². The third kappa shape index (κ3) is 4.44. The summed E-state index contributed by atoms with van der Waals surface area (Å²) in [7, 11) is 0. The van der Waals surface area contributed by atoms with E-state index >= 15 is 0 Å². The smallest absolute Gasteiger partial charge is 0.243 e. The van der Waals surface area contributed by atoms with E-state index in [-0.39, 0.29) is 6.04 Å². The Balaban J connectivity index is 1.57. The number of nitriles is 1. The van der Waals surface area contributed by atoms with Gasteiger partial charge in [0, 0.05) is 32.6 Å². The van der Waals surface area contributed by atoms with Crippen LogP contribution in [0.5, 0.6) is 0 Å². The lowest BCUT2D eigenvalue weighted by atomic mass is 10.1. The Kier molecular flexibility index (Phi) is 5.79. The number of aryl methyl sites for hydroxylation is 1. The second-order valence-corrected chi connectivity index (χ2v) is 6.55. The predicted molar refractivity (Wildman–Crippen MR) is 94.7 cm³/mol. The van der Waals surface area contributed by atoms with Crippen LogP contribution in [0.3, 0.4) is 0 Å². The van der Waals surface area contributed by atoms with Gasteiger partial charge in [0.25, 0.3) is 0 Å². The van der Waals surface area contributed by atoms with E-state index in [4.69, 9.17) is 9.78 Å². The molecule has 2 heterocycles. The molecule has 0 bridgehead atoms. The van der Waals surface area contributed by atoms with E-state index in [9.17, 15) is 0 Å². The van der Waals surface area contributed by atoms with E-state index in [0.29, 0.717) is 5.56 Å². The molecule has 6 nitrogen and oxygen atoms in total. The number of hydrogen-bond donors (Lipinski definition) is 0. The molecule has 132 valence electrons. The van der Waals surface area contributed by atoms with Crippen molar-refractivity contribution < 1.29 is 4.52 Å². The van der Waals surface area contributed by atoms with Gasteiger partial charge < -0.3 is 4.52 Å². The molecule has 0 N–H and O–H groups in total. The summed E-state index contributed by atoms with van der Waals surface area (Å²) < 4.78 is 5.41. The van der Waals surface area contributed by atoms with Gasteiger partial charge in [0.1, 0.15) is 0 Å². The van der Waals surface area contributed by atoms with E-state index < -0.39 is 0 Å². The van der Waals surface area contributed by atoms with Crippen molar-refractivity contribution in [3.05, 3.63) is 47.1 Å². The van der Waals surface area contributed by atoms with E-state index in [1.54, 1.807) is 0 Å². The monoisotopic (exact) mass is 339 g/mol. The Labute approximate surface area is 149 Å². The summed E-state index contributed by atoms with van der Waals surface area (Å²) in [5.74, 6) is 1.50. The summed E-state index contributed by atoms with van der Waals surface area (Å²) in [6, 6.07) is 10.2. The average Bonchev–Trinajstić information content (AvgIpc) is 3.02. The lowest BCUT2D eigenvalue weighted by Crippen LogP contribution is -2.32. The molecule has 6 heteroatoms. The van der Waals surface area contributed by atoms with Gasteiger partial charge in [0.15, 0.2) is 5.82 Å². The number of hydrogen-bond acceptors (Lipinski definition) is 6. The Morgan fingerprint density at radius 1 is 1.20 bits per heavy atom. The maximum Gasteiger partial charge on any atom is 0.243 e. The van der Waals surface area contributed by atoms with Gasteiger partial charge in [-0.2, -0.15) is 10.2 Å². The molecule has 1 aromatic heterocycles. The quantitative estimate of drug-likeness (QED) is 0.834. The third-order valence-corrected chi connectivity index (χ3v) is 4.82. The van der Waals surface area contributed by atoms with Crippen LogP contribution in [-0.4, -0.2) is 46.1 Å². The van der Waals surface area contributed by atoms with Crippen molar-refractivity contribution in [2.24, 2.45) is 0 Å². The number of aromatic nitrogens is 2. The Bertz CT molecular complexity index is 718. The number of benzene rings is 1. The Morgan fingerprint density at radius 3 is 2.68 bits per heavy atom. The minimum absolute atomic E-state index is 0.155. The maximum absolute atomic E-state index is 8.90. The highest BCUT2D eigenvalue weighted by molar-refractivity contribution is 5.31. The molecule has 1 aromatic carbocycles. The van der Waals surface area contributed by atoms with Crippen molar-refractivity contribution in [3.8, 4) is 6.07 Å². The first kappa shape index (κ1) is 17.6. The molecular weight excluding hydrogens is 314 g/mol. The predicted octanol–water partition coefficient (Wildman–Crippen LogP) is 2.77. The first-order chi connectivity index (χ1) is 12.2. The molecule has 0 radical (unpaired) electrons. The first-order valence-corrected chi connectivity index (χ1v) is 8.97. The molecular formula is C19H25N5O. The molecule has 1 saturated heterocycles. The third-order valence-electron chi connectivity index (χ3n) is 4.82. The van der Waals surface area contributed by atoms with E-state index in [2.05, 4.69) is 45.1 Å². The molecule has 1 atom stereocenters. The van der Waals surface area contributed by atoms with E-state index in [1.165, 1.54) is 5.56 Å². The largest absolute Gasteiger partial charge is 0.338 e. The van der Waals surface area contributed by atoms with E-state index in [1.807, 2.05) is 19.1 Å². The van der Waals surface area contributed by atoms with Gasteiger partial charge in [0.2, 0.25) is 5.89 Å². The second-order valence-electron chi connectivity index (χ2n) is 6.55. The average molecular weight is 339 g/mol. The molecule has 3 rings (SSSR count). The van der Waals surface area contributed by atoms with Crippen LogP contribution in [0, 0.1) is 11.3 Å². The van der Waals surface area contributed by atoms with Crippen LogP contribution in [0.2, 0.25) is 0 Å². The molecule has 1 aliphatic heterocycles. The molecule has 0 spiro atoms. The van der Waals surface area contributed by atoms with Crippen LogP contribution >= 0.6 is 0 Å². The fourth-order valence-corrected chi connectivity index (χ4v) is 3.22. The van der Waals surface area contributed by atoms with Gasteiger partial charge in [-0.15, -0.1) is 0 Å². The lowest BCUT2D eigenvalue weighted by Gasteiger charge is -2.25. The molecule has 25 heavy (non-hydrogen) atoms. The van der Waals surface area contributed by atoms with Gasteiger partial charge in [-0.25, -0.2) is 0 Å². The second kappa shape index (κ2) is 8.24. The van der Waals surface area contributed by atoms with Crippen LogP contribution in [0.4, 0.5) is 0 Å². The van der Waals surface area contributed by atoms with Crippen molar-refractivity contribution in [1.82, 2.24) is 19.9 Å². The summed E-state index contributed by atoms with van der Waals surface area (Å²) in [5.41, 5.74) is 1.97. The summed E-state index contributed by atoms with van der Waals surface area (Å²) in [6.45, 7) is 9.21. The molecule has 2 aromatic rings. The topological polar surface area (TPSA) is 69.2 Å². The zero-order chi connectivity index (χ0) is 17.6. The molecule has 0 aliphatic carbocycles. The van der Waals surface area contributed by atoms with Crippen molar-refractivity contribution in [2.75, 3.05) is 26.2 Å². The van der Waals surface area contributed by atoms with Gasteiger partial charge in [-0.05, 0) is 37.6 Å². The lowest BCUT2D eigenvalue weighted by molar-refractivity contribution is 0.174. The summed E-state index contributed by atoms with van der Waals surface area (Å²) >= 11 is 0. The van der Waals surface area contributed by atoms with Gasteiger partial charge in [-0.1, -0.05) is 24.2 Å². The highest BCUT2D eigenvalue weighted by Gasteiger charge is 2.24. The van der Waals surface area contributed by atoms with Crippen molar-refractivity contribution in [2.45, 2.75) is 39.3 Å². The van der Waals surface area contributed by atoms with Crippen LogP contribution in [0.15, 0.2) is 28.8 Å². The van der Waals surface area contributed by atoms with Gasteiger partial charge in [-0.3, -0.25) is 9.80 Å². The van der Waals surface area contributed by atoms with Crippen LogP contribution in [0.1, 0.15) is 49.2 Å². The van der Waals surface area contributed by atoms with Crippen molar-refractivity contribution in [1.29, 1.82) is 5.26 Å². The molecule has 1 fully saturated rings. The SMILES string of the molecule is CCc1noc(C(C)N2CCCN(Cc3ccc(C#N)cc3)CC2)n1. The minimum atomic E-state index is 0.155. The fraction of sp³-hybridized carbons (Fsp3) is 0.526.